The van der Waals surface area contributed by atoms with Crippen LogP contribution in [0.1, 0.15) is 44.9 Å². The first-order valence-electron chi connectivity index (χ1n) is 6.48. The summed E-state index contributed by atoms with van der Waals surface area (Å²) in [5.41, 5.74) is 1.21. The number of sulfone groups is 1. The van der Waals surface area contributed by atoms with Gasteiger partial charge in [0, 0.05) is 0 Å². The minimum Gasteiger partial charge on any atom is -0.457 e. The number of carbonyl (C=O) groups excluding carboxylic acids is 1. The maximum Gasteiger partial charge on any atom is 0.321 e. The zero-order valence-electron chi connectivity index (χ0n) is 12.6. The number of hydrogen-bond acceptors (Lipinski definition) is 5. The summed E-state index contributed by atoms with van der Waals surface area (Å²) in [6.45, 7) is 6.28. The van der Waals surface area contributed by atoms with E-state index in [1.165, 1.54) is 0 Å². The van der Waals surface area contributed by atoms with Gasteiger partial charge in [-0.05, 0) is 45.4 Å². The smallest absolute Gasteiger partial charge is 0.321 e. The van der Waals surface area contributed by atoms with Gasteiger partial charge in [0.05, 0.1) is 16.4 Å². The van der Waals surface area contributed by atoms with Gasteiger partial charge < -0.3 is 4.74 Å². The molecule has 0 unspecified atom stereocenters. The highest BCUT2D eigenvalue weighted by molar-refractivity contribution is 7.93. The van der Waals surface area contributed by atoms with Gasteiger partial charge in [0.25, 0.3) is 0 Å². The van der Waals surface area contributed by atoms with Crippen molar-refractivity contribution in [1.29, 1.82) is 5.26 Å². The molecule has 0 fully saturated rings. The van der Waals surface area contributed by atoms with Crippen LogP contribution in [0.3, 0.4) is 0 Å². The average Bonchev–Trinajstić information content (AvgIpc) is 2.36. The summed E-state index contributed by atoms with van der Waals surface area (Å²) in [7, 11) is -3.55. The summed E-state index contributed by atoms with van der Waals surface area (Å²) in [5.74, 6) is -1.42. The van der Waals surface area contributed by atoms with Crippen LogP contribution in [0.4, 0.5) is 0 Å². The zero-order chi connectivity index (χ0) is 16.3. The van der Waals surface area contributed by atoms with Crippen molar-refractivity contribution in [2.45, 2.75) is 38.5 Å². The van der Waals surface area contributed by atoms with Crippen molar-refractivity contribution >= 4 is 15.8 Å². The number of rotatable bonds is 4. The van der Waals surface area contributed by atoms with Crippen LogP contribution >= 0.6 is 0 Å². The fourth-order valence-electron chi connectivity index (χ4n) is 1.50. The van der Waals surface area contributed by atoms with Crippen molar-refractivity contribution in [3.05, 3.63) is 35.4 Å². The Labute approximate surface area is 125 Å². The summed E-state index contributed by atoms with van der Waals surface area (Å²) in [5, 5.41) is 8.71. The van der Waals surface area contributed by atoms with Crippen molar-refractivity contribution in [3.8, 4) is 6.07 Å². The third-order valence-corrected chi connectivity index (χ3v) is 5.54. The summed E-state index contributed by atoms with van der Waals surface area (Å²) >= 11 is 0. The van der Waals surface area contributed by atoms with Gasteiger partial charge in [0.15, 0.2) is 9.84 Å². The molecule has 1 rings (SSSR count). The van der Waals surface area contributed by atoms with Gasteiger partial charge in [-0.1, -0.05) is 12.1 Å². The molecule has 5 nitrogen and oxygen atoms in total. The number of benzene rings is 1. The first-order chi connectivity index (χ1) is 9.56. The largest absolute Gasteiger partial charge is 0.457 e. The summed E-state index contributed by atoms with van der Waals surface area (Å²) in [4.78, 5) is 11.8. The lowest BCUT2D eigenvalue weighted by molar-refractivity contribution is -0.145. The second-order valence-corrected chi connectivity index (χ2v) is 8.48. The third-order valence-electron chi connectivity index (χ3n) is 3.06. The van der Waals surface area contributed by atoms with Crippen LogP contribution in [-0.4, -0.2) is 24.9 Å². The number of nitrogens with zero attached hydrogens (tertiary/aromatic N) is 1. The fraction of sp³-hybridized carbons (Fsp3) is 0.467. The Balaban J connectivity index is 2.73. The van der Waals surface area contributed by atoms with Crippen LogP contribution < -0.4 is 0 Å². The number of ether oxygens (including phenoxy) is 1. The van der Waals surface area contributed by atoms with Gasteiger partial charge in [0.2, 0.25) is 0 Å². The Morgan fingerprint density at radius 3 is 2.24 bits per heavy atom. The molecule has 0 saturated heterocycles. The van der Waals surface area contributed by atoms with Crippen LogP contribution in [0, 0.1) is 11.3 Å². The topological polar surface area (TPSA) is 84.2 Å². The average molecular weight is 309 g/mol. The van der Waals surface area contributed by atoms with Crippen molar-refractivity contribution in [1.82, 2.24) is 0 Å². The number of esters is 1. The minimum absolute atomic E-state index is 0.507. The number of nitriles is 1. The second-order valence-electron chi connectivity index (χ2n) is 5.74. The Morgan fingerprint density at radius 1 is 1.29 bits per heavy atom. The maximum absolute atomic E-state index is 11.9. The van der Waals surface area contributed by atoms with Crippen molar-refractivity contribution in [2.75, 3.05) is 5.75 Å². The molecule has 6 heteroatoms. The van der Waals surface area contributed by atoms with E-state index in [-0.39, 0.29) is 0 Å². The van der Waals surface area contributed by atoms with Gasteiger partial charge >= 0.3 is 5.97 Å². The Bertz CT molecular complexity index is 648. The van der Waals surface area contributed by atoms with E-state index in [9.17, 15) is 13.2 Å². The standard InChI is InChI=1S/C15H19NO4S/c1-11(13-7-5-12(9-16)6-8-13)20-14(17)10-21(18,19)15(2,3)4/h5-8,11H,10H2,1-4H3/t11-/m0/s1. The summed E-state index contributed by atoms with van der Waals surface area (Å²) in [6.07, 6.45) is -0.569. The minimum atomic E-state index is -3.55. The molecule has 0 N–H and O–H groups in total. The van der Waals surface area contributed by atoms with Gasteiger partial charge in [-0.25, -0.2) is 8.42 Å². The molecule has 114 valence electrons. The molecule has 1 aromatic carbocycles. The zero-order valence-corrected chi connectivity index (χ0v) is 13.4. The maximum atomic E-state index is 11.9. The van der Waals surface area contributed by atoms with E-state index in [1.54, 1.807) is 52.0 Å². The molecule has 0 aromatic heterocycles. The number of hydrogen-bond donors (Lipinski definition) is 0. The molecule has 0 amide bonds. The second kappa shape index (κ2) is 6.27. The highest BCUT2D eigenvalue weighted by atomic mass is 32.2. The van der Waals surface area contributed by atoms with E-state index >= 15 is 0 Å². The van der Waals surface area contributed by atoms with Gasteiger partial charge in [-0.3, -0.25) is 4.79 Å². The molecule has 0 saturated carbocycles. The predicted molar refractivity (Wildman–Crippen MR) is 79.2 cm³/mol. The van der Waals surface area contributed by atoms with Gasteiger partial charge in [0.1, 0.15) is 11.9 Å². The monoisotopic (exact) mass is 309 g/mol. The lowest BCUT2D eigenvalue weighted by Gasteiger charge is -2.19. The first kappa shape index (κ1) is 17.2. The summed E-state index contributed by atoms with van der Waals surface area (Å²) in [6, 6.07) is 8.58. The third kappa shape index (κ3) is 4.57. The molecular weight excluding hydrogens is 290 g/mol. The SMILES string of the molecule is C[C@H](OC(=O)CS(=O)(=O)C(C)(C)C)c1ccc(C#N)cc1. The van der Waals surface area contributed by atoms with Crippen LogP contribution in [0.2, 0.25) is 0 Å². The van der Waals surface area contributed by atoms with E-state index in [1.807, 2.05) is 6.07 Å². The highest BCUT2D eigenvalue weighted by Crippen LogP contribution is 2.20. The molecule has 0 bridgehead atoms. The van der Waals surface area contributed by atoms with Crippen molar-refractivity contribution in [2.24, 2.45) is 0 Å². The molecule has 0 radical (unpaired) electrons. The fourth-order valence-corrected chi connectivity index (χ4v) is 2.31. The lowest BCUT2D eigenvalue weighted by Crippen LogP contribution is -2.34. The van der Waals surface area contributed by atoms with E-state index in [0.29, 0.717) is 11.1 Å². The van der Waals surface area contributed by atoms with Crippen molar-refractivity contribution in [3.63, 3.8) is 0 Å². The van der Waals surface area contributed by atoms with Gasteiger partial charge in [-0.2, -0.15) is 5.26 Å². The first-order valence-corrected chi connectivity index (χ1v) is 8.14. The molecule has 21 heavy (non-hydrogen) atoms. The Hall–Kier alpha value is -1.87. The highest BCUT2D eigenvalue weighted by Gasteiger charge is 2.32. The van der Waals surface area contributed by atoms with E-state index in [2.05, 4.69) is 0 Å². The quantitative estimate of drug-likeness (QED) is 0.797. The van der Waals surface area contributed by atoms with Crippen LogP contribution in [0.25, 0.3) is 0 Å². The Morgan fingerprint density at radius 2 is 1.81 bits per heavy atom. The predicted octanol–water partition coefficient (Wildman–Crippen LogP) is 2.38. The van der Waals surface area contributed by atoms with E-state index in [0.717, 1.165) is 0 Å². The van der Waals surface area contributed by atoms with Crippen LogP contribution in [0.15, 0.2) is 24.3 Å². The molecule has 0 spiro atoms. The summed E-state index contributed by atoms with van der Waals surface area (Å²) < 4.78 is 28.0. The Kier molecular flexibility index (Phi) is 5.13. The molecular formula is C15H19NO4S. The molecule has 1 aromatic rings. The number of carbonyl (C=O) groups is 1. The van der Waals surface area contributed by atoms with Crippen LogP contribution in [-0.2, 0) is 19.4 Å². The van der Waals surface area contributed by atoms with Crippen LogP contribution in [0.5, 0.6) is 0 Å². The molecule has 0 aliphatic carbocycles. The van der Waals surface area contributed by atoms with E-state index < -0.39 is 32.4 Å². The molecule has 0 aliphatic heterocycles. The lowest BCUT2D eigenvalue weighted by atomic mass is 10.1. The molecule has 0 aliphatic rings. The van der Waals surface area contributed by atoms with E-state index in [4.69, 9.17) is 10.00 Å². The molecule has 0 heterocycles. The van der Waals surface area contributed by atoms with Crippen molar-refractivity contribution < 1.29 is 17.9 Å². The normalized spacial score (nSPS) is 13.3. The molecule has 1 atom stereocenters. The van der Waals surface area contributed by atoms with Gasteiger partial charge in [-0.15, -0.1) is 0 Å².